The lowest BCUT2D eigenvalue weighted by Gasteiger charge is -2.43. The molecule has 2 saturated heterocycles. The van der Waals surface area contributed by atoms with E-state index in [1.807, 2.05) is 67.6 Å². The third-order valence-electron chi connectivity index (χ3n) is 7.54. The summed E-state index contributed by atoms with van der Waals surface area (Å²) in [5.74, 6) is -0.364. The van der Waals surface area contributed by atoms with Crippen molar-refractivity contribution in [3.63, 3.8) is 0 Å². The summed E-state index contributed by atoms with van der Waals surface area (Å²) in [5, 5.41) is 3.53. The molecular weight excluding hydrogens is 500 g/mol. The average Bonchev–Trinajstić information content (AvgIpc) is 3.20. The highest BCUT2D eigenvalue weighted by molar-refractivity contribution is 6.31. The van der Waals surface area contributed by atoms with E-state index in [0.717, 1.165) is 11.3 Å². The van der Waals surface area contributed by atoms with Crippen LogP contribution in [0, 0.1) is 0 Å². The number of para-hydroxylation sites is 1. The van der Waals surface area contributed by atoms with Gasteiger partial charge in [-0.2, -0.15) is 0 Å². The maximum Gasteiger partial charge on any atom is 0.253 e. The first kappa shape index (κ1) is 25.8. The summed E-state index contributed by atoms with van der Waals surface area (Å²) in [4.78, 5) is 45.6. The smallest absolute Gasteiger partial charge is 0.253 e. The molecule has 2 aliphatic heterocycles. The maximum absolute atomic E-state index is 13.9. The number of nitrogens with one attached hydrogen (secondary N) is 1. The van der Waals surface area contributed by atoms with E-state index in [0.29, 0.717) is 43.2 Å². The molecule has 0 bridgehead atoms. The Bertz CT molecular complexity index is 1310. The lowest BCUT2D eigenvalue weighted by molar-refractivity contribution is -0.137. The molecule has 5 rings (SSSR count). The first-order valence-electron chi connectivity index (χ1n) is 12.9. The van der Waals surface area contributed by atoms with Crippen LogP contribution < -0.4 is 10.2 Å². The van der Waals surface area contributed by atoms with Crippen LogP contribution in [0.5, 0.6) is 0 Å². The van der Waals surface area contributed by atoms with Crippen LogP contribution in [0.1, 0.15) is 41.7 Å². The molecule has 1 spiro atoms. The number of benzene rings is 3. The number of amides is 3. The Labute approximate surface area is 228 Å². The lowest BCUT2D eigenvalue weighted by Crippen LogP contribution is -2.57. The molecule has 8 heteroatoms. The summed E-state index contributed by atoms with van der Waals surface area (Å²) >= 11 is 6.10. The van der Waals surface area contributed by atoms with Gasteiger partial charge in [-0.25, -0.2) is 0 Å². The molecule has 2 aliphatic rings. The standard InChI is InChI=1S/C30H31ClN4O3/c1-22(23-9-4-2-5-10-23)32-27(36)20-34-21-35(26-13-6-3-7-14-26)30(29(34)38)15-17-33(18-16-30)28(37)24-11-8-12-25(31)19-24/h2-14,19,22H,15-18,20-21H2,1H3,(H,32,36). The summed E-state index contributed by atoms with van der Waals surface area (Å²) < 4.78 is 0. The van der Waals surface area contributed by atoms with Crippen LogP contribution in [0.25, 0.3) is 0 Å². The summed E-state index contributed by atoms with van der Waals surface area (Å²) in [6.45, 7) is 3.10. The molecule has 3 aromatic rings. The Morgan fingerprint density at radius 2 is 1.61 bits per heavy atom. The second-order valence-electron chi connectivity index (χ2n) is 9.94. The van der Waals surface area contributed by atoms with Crippen LogP contribution in [0.2, 0.25) is 5.02 Å². The molecule has 3 aromatic carbocycles. The molecule has 3 amide bonds. The van der Waals surface area contributed by atoms with Crippen molar-refractivity contribution in [1.29, 1.82) is 0 Å². The van der Waals surface area contributed by atoms with Gasteiger partial charge in [-0.3, -0.25) is 14.4 Å². The van der Waals surface area contributed by atoms with E-state index >= 15 is 0 Å². The van der Waals surface area contributed by atoms with Crippen molar-refractivity contribution < 1.29 is 14.4 Å². The van der Waals surface area contributed by atoms with Gasteiger partial charge in [0.25, 0.3) is 11.8 Å². The molecule has 2 heterocycles. The van der Waals surface area contributed by atoms with Crippen molar-refractivity contribution >= 4 is 35.0 Å². The Morgan fingerprint density at radius 3 is 2.26 bits per heavy atom. The Hall–Kier alpha value is -3.84. The molecule has 38 heavy (non-hydrogen) atoms. The molecular formula is C30H31ClN4O3. The Balaban J connectivity index is 1.32. The number of nitrogens with zero attached hydrogens (tertiary/aromatic N) is 3. The Kier molecular flexibility index (Phi) is 7.38. The fourth-order valence-corrected chi connectivity index (χ4v) is 5.68. The van der Waals surface area contributed by atoms with Gasteiger partial charge in [0.05, 0.1) is 12.7 Å². The number of halogens is 1. The van der Waals surface area contributed by atoms with Crippen LogP contribution in [0.4, 0.5) is 5.69 Å². The van der Waals surface area contributed by atoms with Gasteiger partial charge < -0.3 is 20.0 Å². The SMILES string of the molecule is CC(NC(=O)CN1CN(c2ccccc2)C2(CCN(C(=O)c3cccc(Cl)c3)CC2)C1=O)c1ccccc1. The van der Waals surface area contributed by atoms with E-state index in [-0.39, 0.29) is 30.3 Å². The highest BCUT2D eigenvalue weighted by Crippen LogP contribution is 2.39. The number of hydrogen-bond acceptors (Lipinski definition) is 4. The zero-order valence-corrected chi connectivity index (χ0v) is 22.1. The molecule has 1 unspecified atom stereocenters. The van der Waals surface area contributed by atoms with E-state index in [9.17, 15) is 14.4 Å². The van der Waals surface area contributed by atoms with Crippen LogP contribution in [0.3, 0.4) is 0 Å². The minimum atomic E-state index is -0.808. The third-order valence-corrected chi connectivity index (χ3v) is 7.78. The van der Waals surface area contributed by atoms with Crippen LogP contribution >= 0.6 is 11.6 Å². The Morgan fingerprint density at radius 1 is 0.947 bits per heavy atom. The number of carbonyl (C=O) groups excluding carboxylic acids is 3. The van der Waals surface area contributed by atoms with Gasteiger partial charge in [-0.05, 0) is 55.7 Å². The fourth-order valence-electron chi connectivity index (χ4n) is 5.49. The highest BCUT2D eigenvalue weighted by Gasteiger charge is 2.54. The minimum absolute atomic E-state index is 0.0216. The molecule has 1 N–H and O–H groups in total. The zero-order chi connectivity index (χ0) is 26.7. The van der Waals surface area contributed by atoms with Gasteiger partial charge in [-0.15, -0.1) is 0 Å². The van der Waals surface area contributed by atoms with Gasteiger partial charge in [0.1, 0.15) is 12.1 Å². The monoisotopic (exact) mass is 530 g/mol. The molecule has 1 atom stereocenters. The number of anilines is 1. The van der Waals surface area contributed by atoms with E-state index in [4.69, 9.17) is 11.6 Å². The first-order valence-corrected chi connectivity index (χ1v) is 13.3. The average molecular weight is 531 g/mol. The summed E-state index contributed by atoms with van der Waals surface area (Å²) in [6, 6.07) is 26.3. The van der Waals surface area contributed by atoms with Gasteiger partial charge in [-0.1, -0.05) is 66.2 Å². The van der Waals surface area contributed by atoms with Crippen molar-refractivity contribution in [2.45, 2.75) is 31.3 Å². The van der Waals surface area contributed by atoms with Crippen molar-refractivity contribution in [3.8, 4) is 0 Å². The molecule has 0 aromatic heterocycles. The van der Waals surface area contributed by atoms with Gasteiger partial charge in [0, 0.05) is 29.4 Å². The van der Waals surface area contributed by atoms with E-state index < -0.39 is 5.54 Å². The highest BCUT2D eigenvalue weighted by atomic mass is 35.5. The van der Waals surface area contributed by atoms with Crippen molar-refractivity contribution in [2.75, 3.05) is 31.2 Å². The van der Waals surface area contributed by atoms with Crippen LogP contribution in [-0.2, 0) is 9.59 Å². The summed E-state index contributed by atoms with van der Waals surface area (Å²) in [7, 11) is 0. The van der Waals surface area contributed by atoms with Crippen LogP contribution in [-0.4, -0.2) is 59.4 Å². The largest absolute Gasteiger partial charge is 0.348 e. The molecule has 0 radical (unpaired) electrons. The number of likely N-dealkylation sites (tertiary alicyclic amines) is 1. The van der Waals surface area contributed by atoms with Gasteiger partial charge in [0.2, 0.25) is 5.91 Å². The van der Waals surface area contributed by atoms with E-state index in [2.05, 4.69) is 10.2 Å². The topological polar surface area (TPSA) is 73.0 Å². The second kappa shape index (κ2) is 10.9. The molecule has 0 aliphatic carbocycles. The van der Waals surface area contributed by atoms with E-state index in [1.54, 1.807) is 34.1 Å². The summed E-state index contributed by atoms with van der Waals surface area (Å²) in [6.07, 6.45) is 0.955. The number of carbonyl (C=O) groups is 3. The van der Waals surface area contributed by atoms with Crippen molar-refractivity contribution in [2.24, 2.45) is 0 Å². The molecule has 196 valence electrons. The predicted molar refractivity (Wildman–Crippen MR) is 148 cm³/mol. The van der Waals surface area contributed by atoms with Crippen LogP contribution in [0.15, 0.2) is 84.9 Å². The second-order valence-corrected chi connectivity index (χ2v) is 10.4. The summed E-state index contributed by atoms with van der Waals surface area (Å²) in [5.41, 5.74) is 1.67. The molecule has 0 saturated carbocycles. The van der Waals surface area contributed by atoms with Gasteiger partial charge >= 0.3 is 0 Å². The number of hydrogen-bond donors (Lipinski definition) is 1. The van der Waals surface area contributed by atoms with Crippen molar-refractivity contribution in [3.05, 3.63) is 101 Å². The minimum Gasteiger partial charge on any atom is -0.348 e. The number of rotatable bonds is 6. The normalized spacial score (nSPS) is 17.5. The van der Waals surface area contributed by atoms with Gasteiger partial charge in [0.15, 0.2) is 0 Å². The zero-order valence-electron chi connectivity index (χ0n) is 21.3. The van der Waals surface area contributed by atoms with Crippen molar-refractivity contribution in [1.82, 2.24) is 15.1 Å². The molecule has 2 fully saturated rings. The first-order chi connectivity index (χ1) is 18.4. The third kappa shape index (κ3) is 5.11. The quantitative estimate of drug-likeness (QED) is 0.509. The number of piperidine rings is 1. The van der Waals surface area contributed by atoms with E-state index in [1.165, 1.54) is 0 Å². The maximum atomic E-state index is 13.9. The lowest BCUT2D eigenvalue weighted by atomic mass is 9.85. The fraction of sp³-hybridized carbons (Fsp3) is 0.300. The predicted octanol–water partition coefficient (Wildman–Crippen LogP) is 4.50. The molecule has 7 nitrogen and oxygen atoms in total.